The van der Waals surface area contributed by atoms with Crippen molar-refractivity contribution >= 4 is 5.91 Å². The lowest BCUT2D eigenvalue weighted by molar-refractivity contribution is -0.139. The van der Waals surface area contributed by atoms with Gasteiger partial charge in [-0.25, -0.2) is 0 Å². The number of rotatable bonds is 6. The number of alkyl halides is 3. The van der Waals surface area contributed by atoms with Crippen LogP contribution in [0.4, 0.5) is 13.2 Å². The lowest BCUT2D eigenvalue weighted by Gasteiger charge is -2.30. The lowest BCUT2D eigenvalue weighted by atomic mass is 9.83. The van der Waals surface area contributed by atoms with E-state index in [1.54, 1.807) is 6.92 Å². The molecule has 1 amide bonds. The van der Waals surface area contributed by atoms with Crippen molar-refractivity contribution in [3.05, 3.63) is 0 Å². The fraction of sp³-hybridized carbons (Fsp3) is 0.929. The second-order valence-corrected chi connectivity index (χ2v) is 5.73. The van der Waals surface area contributed by atoms with E-state index in [-0.39, 0.29) is 6.04 Å². The summed E-state index contributed by atoms with van der Waals surface area (Å²) < 4.78 is 36.1. The first kappa shape index (κ1) is 17.3. The van der Waals surface area contributed by atoms with E-state index in [4.69, 9.17) is 0 Å². The molecule has 1 atom stereocenters. The predicted octanol–water partition coefficient (Wildman–Crippen LogP) is 3.00. The summed E-state index contributed by atoms with van der Waals surface area (Å²) in [6.45, 7) is 2.53. The molecule has 1 saturated carbocycles. The Morgan fingerprint density at radius 1 is 1.25 bits per heavy atom. The van der Waals surface area contributed by atoms with Crippen LogP contribution in [-0.4, -0.2) is 30.7 Å². The number of hydrogen-bond acceptors (Lipinski definition) is 2. The van der Waals surface area contributed by atoms with E-state index in [0.717, 1.165) is 31.6 Å². The Hall–Kier alpha value is -0.780. The highest BCUT2D eigenvalue weighted by atomic mass is 19.4. The van der Waals surface area contributed by atoms with E-state index in [1.165, 1.54) is 12.8 Å². The van der Waals surface area contributed by atoms with Crippen LogP contribution in [0, 0.1) is 5.92 Å². The fourth-order valence-electron chi connectivity index (χ4n) is 2.80. The summed E-state index contributed by atoms with van der Waals surface area (Å²) in [6.07, 6.45) is 2.37. The number of carbonyl (C=O) groups excluding carboxylic acids is 1. The van der Waals surface area contributed by atoms with Gasteiger partial charge in [-0.15, -0.1) is 0 Å². The third-order valence-corrected chi connectivity index (χ3v) is 3.89. The molecule has 0 aromatic carbocycles. The Labute approximate surface area is 118 Å². The van der Waals surface area contributed by atoms with Crippen molar-refractivity contribution in [2.24, 2.45) is 5.92 Å². The van der Waals surface area contributed by atoms with Crippen LogP contribution >= 0.6 is 0 Å². The van der Waals surface area contributed by atoms with Crippen LogP contribution in [0.2, 0.25) is 0 Å². The number of hydrogen-bond donors (Lipinski definition) is 2. The van der Waals surface area contributed by atoms with Gasteiger partial charge in [-0.2, -0.15) is 13.2 Å². The SMILES string of the molecule is CCCC1CCC(NC(C)C(=O)NCC(F)(F)F)CC1. The van der Waals surface area contributed by atoms with Gasteiger partial charge in [-0.05, 0) is 38.5 Å². The van der Waals surface area contributed by atoms with Gasteiger partial charge in [0.2, 0.25) is 5.91 Å². The third kappa shape index (κ3) is 6.59. The average molecular weight is 294 g/mol. The van der Waals surface area contributed by atoms with Crippen molar-refractivity contribution in [3.63, 3.8) is 0 Å². The van der Waals surface area contributed by atoms with Crippen LogP contribution in [0.1, 0.15) is 52.4 Å². The minimum absolute atomic E-state index is 0.245. The van der Waals surface area contributed by atoms with Crippen LogP contribution in [0.15, 0.2) is 0 Å². The molecule has 0 saturated heterocycles. The first-order valence-corrected chi connectivity index (χ1v) is 7.42. The summed E-state index contributed by atoms with van der Waals surface area (Å²) in [4.78, 5) is 11.6. The largest absolute Gasteiger partial charge is 0.405 e. The van der Waals surface area contributed by atoms with Crippen molar-refractivity contribution in [1.29, 1.82) is 0 Å². The highest BCUT2D eigenvalue weighted by Gasteiger charge is 2.29. The quantitative estimate of drug-likeness (QED) is 0.790. The standard InChI is InChI=1S/C14H25F3N2O/c1-3-4-11-5-7-12(8-6-11)19-10(2)13(20)18-9-14(15,16)17/h10-12,19H,3-9H2,1-2H3,(H,18,20). The molecule has 118 valence electrons. The molecule has 2 N–H and O–H groups in total. The molecule has 1 rings (SSSR count). The van der Waals surface area contributed by atoms with Gasteiger partial charge in [0.05, 0.1) is 6.04 Å². The Morgan fingerprint density at radius 2 is 1.85 bits per heavy atom. The minimum atomic E-state index is -4.35. The second-order valence-electron chi connectivity index (χ2n) is 5.73. The molecule has 0 heterocycles. The fourth-order valence-corrected chi connectivity index (χ4v) is 2.80. The van der Waals surface area contributed by atoms with Crippen molar-refractivity contribution in [2.45, 2.75) is 70.6 Å². The van der Waals surface area contributed by atoms with Gasteiger partial charge in [0.1, 0.15) is 6.54 Å². The smallest absolute Gasteiger partial charge is 0.346 e. The van der Waals surface area contributed by atoms with Crippen molar-refractivity contribution < 1.29 is 18.0 Å². The van der Waals surface area contributed by atoms with E-state index in [2.05, 4.69) is 12.2 Å². The highest BCUT2D eigenvalue weighted by molar-refractivity contribution is 5.81. The van der Waals surface area contributed by atoms with E-state index in [1.807, 2.05) is 5.32 Å². The van der Waals surface area contributed by atoms with Crippen LogP contribution in [0.5, 0.6) is 0 Å². The minimum Gasteiger partial charge on any atom is -0.346 e. The maximum atomic E-state index is 12.0. The van der Waals surface area contributed by atoms with Gasteiger partial charge in [-0.3, -0.25) is 4.79 Å². The zero-order valence-corrected chi connectivity index (χ0v) is 12.2. The maximum Gasteiger partial charge on any atom is 0.405 e. The second kappa shape index (κ2) is 7.86. The summed E-state index contributed by atoms with van der Waals surface area (Å²) in [5, 5.41) is 5.05. The molecule has 1 aliphatic carbocycles. The summed E-state index contributed by atoms with van der Waals surface area (Å²) in [6, 6.07) is -0.334. The average Bonchev–Trinajstić information content (AvgIpc) is 2.37. The van der Waals surface area contributed by atoms with Gasteiger partial charge in [-0.1, -0.05) is 19.8 Å². The van der Waals surface area contributed by atoms with Crippen molar-refractivity contribution in [3.8, 4) is 0 Å². The van der Waals surface area contributed by atoms with Crippen LogP contribution in [-0.2, 0) is 4.79 Å². The number of amides is 1. The summed E-state index contributed by atoms with van der Waals surface area (Å²) in [5.74, 6) is 0.186. The summed E-state index contributed by atoms with van der Waals surface area (Å²) >= 11 is 0. The molecule has 0 spiro atoms. The molecule has 1 unspecified atom stereocenters. The van der Waals surface area contributed by atoms with Gasteiger partial charge in [0.25, 0.3) is 0 Å². The molecule has 0 aromatic rings. The Kier molecular flexibility index (Phi) is 6.79. The van der Waals surface area contributed by atoms with Gasteiger partial charge < -0.3 is 10.6 Å². The molecule has 0 aromatic heterocycles. The Balaban J connectivity index is 2.25. The van der Waals surface area contributed by atoms with Crippen LogP contribution < -0.4 is 10.6 Å². The van der Waals surface area contributed by atoms with Crippen LogP contribution in [0.3, 0.4) is 0 Å². The molecular formula is C14H25F3N2O. The molecule has 0 radical (unpaired) electrons. The highest BCUT2D eigenvalue weighted by Crippen LogP contribution is 2.27. The molecule has 0 bridgehead atoms. The molecule has 3 nitrogen and oxygen atoms in total. The topological polar surface area (TPSA) is 41.1 Å². The third-order valence-electron chi connectivity index (χ3n) is 3.89. The van der Waals surface area contributed by atoms with Gasteiger partial charge >= 0.3 is 6.18 Å². The Bertz CT molecular complexity index is 299. The van der Waals surface area contributed by atoms with E-state index < -0.39 is 24.7 Å². The monoisotopic (exact) mass is 294 g/mol. The molecule has 1 fully saturated rings. The molecule has 0 aliphatic heterocycles. The Morgan fingerprint density at radius 3 is 2.35 bits per heavy atom. The number of nitrogens with one attached hydrogen (secondary N) is 2. The lowest BCUT2D eigenvalue weighted by Crippen LogP contribution is -2.49. The maximum absolute atomic E-state index is 12.0. The van der Waals surface area contributed by atoms with Crippen molar-refractivity contribution in [1.82, 2.24) is 10.6 Å². The predicted molar refractivity (Wildman–Crippen MR) is 72.3 cm³/mol. The summed E-state index contributed by atoms with van der Waals surface area (Å²) in [7, 11) is 0. The van der Waals surface area contributed by atoms with E-state index >= 15 is 0 Å². The number of carbonyl (C=O) groups is 1. The molecular weight excluding hydrogens is 269 g/mol. The van der Waals surface area contributed by atoms with Crippen LogP contribution in [0.25, 0.3) is 0 Å². The first-order valence-electron chi connectivity index (χ1n) is 7.42. The first-order chi connectivity index (χ1) is 9.31. The zero-order valence-electron chi connectivity index (χ0n) is 12.2. The molecule has 6 heteroatoms. The van der Waals surface area contributed by atoms with Crippen molar-refractivity contribution in [2.75, 3.05) is 6.54 Å². The van der Waals surface area contributed by atoms with Gasteiger partial charge in [0, 0.05) is 6.04 Å². The molecule has 20 heavy (non-hydrogen) atoms. The van der Waals surface area contributed by atoms with E-state index in [9.17, 15) is 18.0 Å². The molecule has 1 aliphatic rings. The zero-order chi connectivity index (χ0) is 15.2. The normalized spacial score (nSPS) is 25.2. The van der Waals surface area contributed by atoms with E-state index in [0.29, 0.717) is 0 Å². The number of halogens is 3. The van der Waals surface area contributed by atoms with Gasteiger partial charge in [0.15, 0.2) is 0 Å². The summed E-state index contributed by atoms with van der Waals surface area (Å²) in [5.41, 5.74) is 0.